The molecule has 9 heteroatoms. The number of amides is 1. The fraction of sp³-hybridized carbons (Fsp3) is 0.750. The number of hydrogen-bond donors (Lipinski definition) is 1. The summed E-state index contributed by atoms with van der Waals surface area (Å²) in [5, 5.41) is 11.4. The highest BCUT2D eigenvalue weighted by atomic mass is 32.2. The van der Waals surface area contributed by atoms with Crippen LogP contribution in [0, 0.1) is 0 Å². The molecule has 0 atom stereocenters. The molecule has 0 aromatic carbocycles. The zero-order valence-electron chi connectivity index (χ0n) is 12.0. The molecular formula is C12H20N4O2S3. The summed E-state index contributed by atoms with van der Waals surface area (Å²) in [6, 6.07) is 0. The van der Waals surface area contributed by atoms with Crippen LogP contribution >= 0.6 is 34.9 Å². The number of carbonyl (C=O) groups excluding carboxylic acids is 1. The maximum absolute atomic E-state index is 11.8. The first-order valence-corrected chi connectivity index (χ1v) is 9.87. The van der Waals surface area contributed by atoms with Crippen LogP contribution in [0.3, 0.4) is 0 Å². The summed E-state index contributed by atoms with van der Waals surface area (Å²) in [6.07, 6.45) is 0. The molecule has 0 saturated carbocycles. The van der Waals surface area contributed by atoms with E-state index in [0.29, 0.717) is 10.9 Å². The molecule has 0 aliphatic carbocycles. The zero-order valence-corrected chi connectivity index (χ0v) is 14.5. The molecule has 0 unspecified atom stereocenters. The third-order valence-electron chi connectivity index (χ3n) is 2.81. The molecule has 6 nitrogen and oxygen atoms in total. The van der Waals surface area contributed by atoms with E-state index in [2.05, 4.69) is 27.3 Å². The molecule has 1 N–H and O–H groups in total. The molecule has 1 amide bonds. The van der Waals surface area contributed by atoms with Crippen LogP contribution in [0.2, 0.25) is 0 Å². The first kappa shape index (κ1) is 17.0. The van der Waals surface area contributed by atoms with Gasteiger partial charge in [-0.05, 0) is 5.75 Å². The third kappa shape index (κ3) is 6.52. The highest BCUT2D eigenvalue weighted by molar-refractivity contribution is 8.01. The van der Waals surface area contributed by atoms with Gasteiger partial charge in [0.15, 0.2) is 4.34 Å². The number of anilines is 1. The van der Waals surface area contributed by atoms with E-state index in [1.54, 1.807) is 23.5 Å². The van der Waals surface area contributed by atoms with Crippen molar-refractivity contribution >= 4 is 45.9 Å². The minimum absolute atomic E-state index is 0.00817. The Labute approximate surface area is 137 Å². The number of rotatable bonds is 8. The van der Waals surface area contributed by atoms with Crippen molar-refractivity contribution in [2.45, 2.75) is 11.3 Å². The third-order valence-corrected chi connectivity index (χ3v) is 5.60. The minimum atomic E-state index is -0.00817. The lowest BCUT2D eigenvalue weighted by atomic mass is 10.4. The minimum Gasteiger partial charge on any atom is -0.379 e. The summed E-state index contributed by atoms with van der Waals surface area (Å²) < 4.78 is 6.20. The lowest BCUT2D eigenvalue weighted by molar-refractivity contribution is -0.113. The average Bonchev–Trinajstić information content (AvgIpc) is 2.92. The lowest BCUT2D eigenvalue weighted by Crippen LogP contribution is -2.37. The number of nitrogens with zero attached hydrogens (tertiary/aromatic N) is 3. The summed E-state index contributed by atoms with van der Waals surface area (Å²) in [7, 11) is 0. The van der Waals surface area contributed by atoms with Crippen molar-refractivity contribution in [3.8, 4) is 0 Å². The van der Waals surface area contributed by atoms with Gasteiger partial charge in [-0.25, -0.2) is 0 Å². The normalized spacial score (nSPS) is 16.0. The number of carbonyl (C=O) groups is 1. The van der Waals surface area contributed by atoms with Crippen molar-refractivity contribution in [3.05, 3.63) is 0 Å². The number of thioether (sulfide) groups is 2. The zero-order chi connectivity index (χ0) is 14.9. The van der Waals surface area contributed by atoms with Crippen molar-refractivity contribution in [1.82, 2.24) is 15.1 Å². The van der Waals surface area contributed by atoms with Gasteiger partial charge in [-0.3, -0.25) is 15.0 Å². The van der Waals surface area contributed by atoms with Crippen molar-refractivity contribution in [2.24, 2.45) is 0 Å². The highest BCUT2D eigenvalue weighted by Crippen LogP contribution is 2.24. The first-order chi connectivity index (χ1) is 10.3. The van der Waals surface area contributed by atoms with Crippen molar-refractivity contribution < 1.29 is 9.53 Å². The summed E-state index contributed by atoms with van der Waals surface area (Å²) in [4.78, 5) is 14.2. The number of hydrogen-bond acceptors (Lipinski definition) is 8. The molecular weight excluding hydrogens is 328 g/mol. The van der Waals surface area contributed by atoms with E-state index in [1.807, 2.05) is 0 Å². The topological polar surface area (TPSA) is 67.4 Å². The Morgan fingerprint density at radius 2 is 2.24 bits per heavy atom. The van der Waals surface area contributed by atoms with Crippen LogP contribution < -0.4 is 5.32 Å². The van der Waals surface area contributed by atoms with Crippen LogP contribution in [-0.2, 0) is 9.53 Å². The van der Waals surface area contributed by atoms with E-state index >= 15 is 0 Å². The number of aromatic nitrogens is 2. The van der Waals surface area contributed by atoms with Crippen LogP contribution in [0.15, 0.2) is 4.34 Å². The van der Waals surface area contributed by atoms with Gasteiger partial charge >= 0.3 is 0 Å². The summed E-state index contributed by atoms with van der Waals surface area (Å²) in [5.74, 6) is 2.37. The lowest BCUT2D eigenvalue weighted by Gasteiger charge is -2.26. The molecule has 118 valence electrons. The maximum atomic E-state index is 11.8. The van der Waals surface area contributed by atoms with Crippen LogP contribution in [0.25, 0.3) is 0 Å². The van der Waals surface area contributed by atoms with Gasteiger partial charge in [0.1, 0.15) is 0 Å². The van der Waals surface area contributed by atoms with Crippen molar-refractivity contribution in [3.63, 3.8) is 0 Å². The number of nitrogens with one attached hydrogen (secondary N) is 1. The molecule has 2 heterocycles. The average molecular weight is 349 g/mol. The van der Waals surface area contributed by atoms with Gasteiger partial charge in [0.25, 0.3) is 0 Å². The Morgan fingerprint density at radius 3 is 3.00 bits per heavy atom. The van der Waals surface area contributed by atoms with E-state index in [1.165, 1.54) is 11.3 Å². The highest BCUT2D eigenvalue weighted by Gasteiger charge is 2.11. The van der Waals surface area contributed by atoms with E-state index in [-0.39, 0.29) is 5.91 Å². The molecule has 0 bridgehead atoms. The quantitative estimate of drug-likeness (QED) is 0.435. The van der Waals surface area contributed by atoms with Crippen LogP contribution in [0.5, 0.6) is 0 Å². The van der Waals surface area contributed by atoms with E-state index in [0.717, 1.165) is 48.7 Å². The molecule has 2 rings (SSSR count). The Bertz CT molecular complexity index is 438. The number of morpholine rings is 1. The van der Waals surface area contributed by atoms with Gasteiger partial charge in [0.2, 0.25) is 11.0 Å². The van der Waals surface area contributed by atoms with Crippen LogP contribution in [-0.4, -0.2) is 71.1 Å². The number of ether oxygens (including phenoxy) is 1. The molecule has 1 aromatic heterocycles. The second-order valence-corrected chi connectivity index (χ2v) is 7.95. The van der Waals surface area contributed by atoms with Gasteiger partial charge in [0, 0.05) is 25.4 Å². The molecule has 0 spiro atoms. The van der Waals surface area contributed by atoms with E-state index in [9.17, 15) is 4.79 Å². The molecule has 1 fully saturated rings. The van der Waals surface area contributed by atoms with Crippen molar-refractivity contribution in [2.75, 3.05) is 55.4 Å². The summed E-state index contributed by atoms with van der Waals surface area (Å²) >= 11 is 4.71. The molecule has 1 aliphatic rings. The Hall–Kier alpha value is -0.350. The fourth-order valence-corrected chi connectivity index (χ4v) is 4.24. The SMILES string of the molecule is CCSc1nnc(NC(=O)CSCCN2CCOCC2)s1. The standard InChI is InChI=1S/C12H20N4O2S3/c1-2-20-12-15-14-11(21-12)13-10(17)9-19-8-5-16-3-6-18-7-4-16/h2-9H2,1H3,(H,13,14,17). The smallest absolute Gasteiger partial charge is 0.236 e. The van der Waals surface area contributed by atoms with Gasteiger partial charge in [-0.1, -0.05) is 30.0 Å². The largest absolute Gasteiger partial charge is 0.379 e. The van der Waals surface area contributed by atoms with Gasteiger partial charge in [0.05, 0.1) is 19.0 Å². The monoisotopic (exact) mass is 348 g/mol. The summed E-state index contributed by atoms with van der Waals surface area (Å²) in [5.41, 5.74) is 0. The molecule has 1 saturated heterocycles. The Kier molecular flexibility index (Phi) is 7.80. The van der Waals surface area contributed by atoms with E-state index < -0.39 is 0 Å². The predicted molar refractivity (Wildman–Crippen MR) is 89.5 cm³/mol. The maximum Gasteiger partial charge on any atom is 0.236 e. The van der Waals surface area contributed by atoms with Crippen molar-refractivity contribution in [1.29, 1.82) is 0 Å². The Morgan fingerprint density at radius 1 is 1.43 bits per heavy atom. The van der Waals surface area contributed by atoms with Gasteiger partial charge < -0.3 is 4.74 Å². The van der Waals surface area contributed by atoms with E-state index in [4.69, 9.17) is 4.74 Å². The fourth-order valence-electron chi connectivity index (χ4n) is 1.78. The van der Waals surface area contributed by atoms with Crippen LogP contribution in [0.1, 0.15) is 6.92 Å². The molecule has 1 aromatic rings. The second-order valence-electron chi connectivity index (χ2n) is 4.36. The van der Waals surface area contributed by atoms with Crippen LogP contribution in [0.4, 0.5) is 5.13 Å². The Balaban J connectivity index is 1.58. The molecule has 21 heavy (non-hydrogen) atoms. The first-order valence-electron chi connectivity index (χ1n) is 6.92. The van der Waals surface area contributed by atoms with Gasteiger partial charge in [-0.15, -0.1) is 10.2 Å². The second kappa shape index (κ2) is 9.62. The summed E-state index contributed by atoms with van der Waals surface area (Å²) in [6.45, 7) is 6.71. The molecule has 1 aliphatic heterocycles. The predicted octanol–water partition coefficient (Wildman–Crippen LogP) is 1.65. The van der Waals surface area contributed by atoms with Gasteiger partial charge in [-0.2, -0.15) is 11.8 Å². The molecule has 0 radical (unpaired) electrons.